The van der Waals surface area contributed by atoms with Gasteiger partial charge in [0.05, 0.1) is 0 Å². The van der Waals surface area contributed by atoms with Crippen LogP contribution in [0, 0.1) is 0 Å². The van der Waals surface area contributed by atoms with Gasteiger partial charge in [-0.2, -0.15) is 0 Å². The molecule has 0 heterocycles. The van der Waals surface area contributed by atoms with E-state index in [-0.39, 0.29) is 0 Å². The van der Waals surface area contributed by atoms with Gasteiger partial charge in [0.2, 0.25) is 0 Å². The summed E-state index contributed by atoms with van der Waals surface area (Å²) in [6.07, 6.45) is 0. The van der Waals surface area contributed by atoms with Crippen LogP contribution < -0.4 is 0 Å². The van der Waals surface area contributed by atoms with Crippen LogP contribution >= 0.6 is 36.2 Å². The number of hydrogen-bond donors (Lipinski definition) is 1. The van der Waals surface area contributed by atoms with E-state index in [4.69, 9.17) is 0 Å². The van der Waals surface area contributed by atoms with Crippen molar-refractivity contribution in [2.24, 2.45) is 0 Å². The molecule has 0 radical (unpaired) electrons. The predicted octanol–water partition coefficient (Wildman–Crippen LogP) is 6.39. The van der Waals surface area contributed by atoms with Crippen LogP contribution in [-0.4, -0.2) is 0 Å². The Morgan fingerprint density at radius 2 is 1.26 bits per heavy atom. The molecule has 0 bridgehead atoms. The summed E-state index contributed by atoms with van der Waals surface area (Å²) in [7, 11) is 0. The smallest absolute Gasteiger partial charge is 0.0123 e. The van der Waals surface area contributed by atoms with Gasteiger partial charge in [-0.05, 0) is 53.9 Å². The minimum absolute atomic E-state index is 0.993. The third-order valence-electron chi connectivity index (χ3n) is 2.12. The summed E-state index contributed by atoms with van der Waals surface area (Å²) in [6, 6.07) is 16.7. The largest absolute Gasteiger partial charge is 0.143 e. The molecule has 3 heteroatoms. The lowest BCUT2D eigenvalue weighted by atomic mass is 10.4. The van der Waals surface area contributed by atoms with Crippen molar-refractivity contribution in [1.29, 1.82) is 0 Å². The quantitative estimate of drug-likeness (QED) is 0.513. The van der Waals surface area contributed by atoms with Crippen molar-refractivity contribution in [3.05, 3.63) is 60.5 Å². The van der Waals surface area contributed by atoms with Crippen LogP contribution in [0.3, 0.4) is 0 Å². The van der Waals surface area contributed by atoms with Crippen molar-refractivity contribution < 1.29 is 0 Å². The molecule has 0 aliphatic carbocycles. The van der Waals surface area contributed by atoms with E-state index in [0.717, 1.165) is 4.90 Å². The summed E-state index contributed by atoms with van der Waals surface area (Å²) in [6.45, 7) is 7.70. The predicted molar refractivity (Wildman–Crippen MR) is 91.7 cm³/mol. The Morgan fingerprint density at radius 3 is 1.74 bits per heavy atom. The summed E-state index contributed by atoms with van der Waals surface area (Å²) in [5.74, 6) is 0. The highest BCUT2D eigenvalue weighted by atomic mass is 32.2. The second kappa shape index (κ2) is 9.18. The summed E-state index contributed by atoms with van der Waals surface area (Å²) in [5, 5.41) is 1.84. The van der Waals surface area contributed by atoms with E-state index in [1.54, 1.807) is 23.5 Å². The fraction of sp³-hybridized carbons (Fsp3) is 0.125. The number of hydrogen-bond acceptors (Lipinski definition) is 3. The van der Waals surface area contributed by atoms with Crippen molar-refractivity contribution in [3.8, 4) is 0 Å². The third-order valence-corrected chi connectivity index (χ3v) is 4.14. The van der Waals surface area contributed by atoms with Crippen LogP contribution in [0.1, 0.15) is 13.8 Å². The number of benzene rings is 2. The van der Waals surface area contributed by atoms with Gasteiger partial charge in [0.25, 0.3) is 0 Å². The fourth-order valence-corrected chi connectivity index (χ4v) is 2.78. The second-order valence-corrected chi connectivity index (χ2v) is 6.06. The van der Waals surface area contributed by atoms with E-state index >= 15 is 0 Å². The van der Waals surface area contributed by atoms with Gasteiger partial charge in [-0.1, -0.05) is 44.0 Å². The maximum Gasteiger partial charge on any atom is 0.0123 e. The van der Waals surface area contributed by atoms with Crippen molar-refractivity contribution in [1.82, 2.24) is 0 Å². The maximum atomic E-state index is 4.27. The molecule has 0 saturated heterocycles. The van der Waals surface area contributed by atoms with Crippen molar-refractivity contribution >= 4 is 36.2 Å². The van der Waals surface area contributed by atoms with E-state index in [1.807, 2.05) is 31.4 Å². The molecule has 0 saturated carbocycles. The Balaban J connectivity index is 0.000000861. The van der Waals surface area contributed by atoms with E-state index in [2.05, 4.69) is 55.6 Å². The van der Waals surface area contributed by atoms with Crippen LogP contribution in [0.2, 0.25) is 0 Å². The molecule has 0 atom stereocenters. The molecule has 0 spiro atoms. The maximum absolute atomic E-state index is 4.27. The standard InChI is InChI=1S/C14H12S3.C2H6/c1-2-16-12-7-9-14(10-8-12)17-13-5-3-11(15)4-6-13;1-2/h2-10,15H,1H2;1-2H3. The Kier molecular flexibility index (Phi) is 7.87. The average molecular weight is 307 g/mol. The van der Waals surface area contributed by atoms with E-state index in [9.17, 15) is 0 Å². The number of rotatable bonds is 4. The lowest BCUT2D eigenvalue weighted by Gasteiger charge is -2.03. The zero-order chi connectivity index (χ0) is 14.1. The molecule has 2 rings (SSSR count). The van der Waals surface area contributed by atoms with Gasteiger partial charge in [-0.25, -0.2) is 0 Å². The van der Waals surface area contributed by atoms with Crippen LogP contribution in [0.15, 0.2) is 80.1 Å². The minimum atomic E-state index is 0.993. The van der Waals surface area contributed by atoms with Gasteiger partial charge in [0.1, 0.15) is 0 Å². The molecule has 0 aromatic heterocycles. The van der Waals surface area contributed by atoms with E-state index in [0.29, 0.717) is 0 Å². The Morgan fingerprint density at radius 1 is 0.842 bits per heavy atom. The van der Waals surface area contributed by atoms with Gasteiger partial charge in [0, 0.05) is 19.6 Å². The number of thioether (sulfide) groups is 1. The van der Waals surface area contributed by atoms with Crippen molar-refractivity contribution in [2.75, 3.05) is 0 Å². The van der Waals surface area contributed by atoms with E-state index < -0.39 is 0 Å². The Labute approximate surface area is 130 Å². The zero-order valence-electron chi connectivity index (χ0n) is 11.2. The molecule has 19 heavy (non-hydrogen) atoms. The van der Waals surface area contributed by atoms with Gasteiger partial charge < -0.3 is 0 Å². The van der Waals surface area contributed by atoms with Crippen molar-refractivity contribution in [3.63, 3.8) is 0 Å². The highest BCUT2D eigenvalue weighted by Gasteiger charge is 1.97. The summed E-state index contributed by atoms with van der Waals surface area (Å²) >= 11 is 7.66. The Hall–Kier alpha value is -0.770. The first-order valence-electron chi connectivity index (χ1n) is 6.12. The van der Waals surface area contributed by atoms with Crippen LogP contribution in [0.4, 0.5) is 0 Å². The molecular weight excluding hydrogens is 288 g/mol. The van der Waals surface area contributed by atoms with Crippen molar-refractivity contribution in [2.45, 2.75) is 33.4 Å². The molecule has 2 aromatic rings. The zero-order valence-corrected chi connectivity index (χ0v) is 13.7. The molecule has 0 fully saturated rings. The first-order chi connectivity index (χ1) is 9.28. The van der Waals surface area contributed by atoms with Crippen LogP contribution in [-0.2, 0) is 0 Å². The molecule has 0 amide bonds. The van der Waals surface area contributed by atoms with E-state index in [1.165, 1.54) is 14.7 Å². The van der Waals surface area contributed by atoms with Gasteiger partial charge in [-0.3, -0.25) is 0 Å². The lowest BCUT2D eigenvalue weighted by molar-refractivity contribution is 1.32. The van der Waals surface area contributed by atoms with Crippen LogP contribution in [0.5, 0.6) is 0 Å². The molecule has 0 nitrogen and oxygen atoms in total. The fourth-order valence-electron chi connectivity index (χ4n) is 1.33. The molecule has 0 aliphatic rings. The minimum Gasteiger partial charge on any atom is -0.143 e. The van der Waals surface area contributed by atoms with Gasteiger partial charge in [0.15, 0.2) is 0 Å². The summed E-state index contributed by atoms with van der Waals surface area (Å²) in [5.41, 5.74) is 0. The average Bonchev–Trinajstić information content (AvgIpc) is 2.46. The Bertz CT molecular complexity index is 486. The summed E-state index contributed by atoms with van der Waals surface area (Å²) in [4.78, 5) is 4.68. The highest BCUT2D eigenvalue weighted by molar-refractivity contribution is 8.02. The first-order valence-corrected chi connectivity index (χ1v) is 8.27. The molecular formula is C16H18S3. The van der Waals surface area contributed by atoms with Gasteiger partial charge in [-0.15, -0.1) is 12.6 Å². The molecule has 0 unspecified atom stereocenters. The topological polar surface area (TPSA) is 0 Å². The SMILES string of the molecule is C=CSc1ccc(Sc2ccc(S)cc2)cc1.CC. The molecule has 2 aromatic carbocycles. The molecule has 100 valence electrons. The number of thiol groups is 1. The molecule has 0 N–H and O–H groups in total. The summed E-state index contributed by atoms with van der Waals surface area (Å²) < 4.78 is 0. The third kappa shape index (κ3) is 5.81. The first kappa shape index (κ1) is 16.3. The lowest BCUT2D eigenvalue weighted by Crippen LogP contribution is -1.74. The van der Waals surface area contributed by atoms with Gasteiger partial charge >= 0.3 is 0 Å². The molecule has 0 aliphatic heterocycles. The second-order valence-electron chi connectivity index (χ2n) is 3.35. The monoisotopic (exact) mass is 306 g/mol. The highest BCUT2D eigenvalue weighted by Crippen LogP contribution is 2.30. The van der Waals surface area contributed by atoms with Crippen LogP contribution in [0.25, 0.3) is 0 Å². The normalized spacial score (nSPS) is 9.42.